The lowest BCUT2D eigenvalue weighted by atomic mass is 9.88. The molecule has 1 aromatic rings. The van der Waals surface area contributed by atoms with Crippen LogP contribution < -0.4 is 0 Å². The van der Waals surface area contributed by atoms with E-state index in [4.69, 9.17) is 9.98 Å². The van der Waals surface area contributed by atoms with Crippen LogP contribution in [0.15, 0.2) is 9.98 Å². The van der Waals surface area contributed by atoms with Gasteiger partial charge in [-0.3, -0.25) is 9.98 Å². The largest absolute Gasteiger partial charge is 0.258 e. The van der Waals surface area contributed by atoms with E-state index in [-0.39, 0.29) is 0 Å². The molecule has 0 radical (unpaired) electrons. The Kier molecular flexibility index (Phi) is 8.38. The van der Waals surface area contributed by atoms with Crippen LogP contribution in [0.25, 0.3) is 0 Å². The average Bonchev–Trinajstić information content (AvgIpc) is 2.60. The monoisotopic (exact) mass is 328 g/mol. The lowest BCUT2D eigenvalue weighted by Gasteiger charge is -2.22. The van der Waals surface area contributed by atoms with Crippen molar-refractivity contribution in [2.24, 2.45) is 9.98 Å². The van der Waals surface area contributed by atoms with E-state index in [0.717, 1.165) is 38.5 Å². The van der Waals surface area contributed by atoms with Crippen LogP contribution in [0.1, 0.15) is 90.5 Å². The molecule has 1 aromatic carbocycles. The molecule has 134 valence electrons. The van der Waals surface area contributed by atoms with Gasteiger partial charge in [0, 0.05) is 11.4 Å². The van der Waals surface area contributed by atoms with Gasteiger partial charge in [0.15, 0.2) is 0 Å². The van der Waals surface area contributed by atoms with Crippen molar-refractivity contribution in [3.63, 3.8) is 0 Å². The molecule has 0 saturated heterocycles. The van der Waals surface area contributed by atoms with Gasteiger partial charge in [0.2, 0.25) is 0 Å². The third kappa shape index (κ3) is 4.34. The SMILES string of the molecule is CCC(C)=Nc1c(CC)c(CC)c(N=C(C)CC)c(CC)c1CC. The summed E-state index contributed by atoms with van der Waals surface area (Å²) in [5.41, 5.74) is 10.5. The lowest BCUT2D eigenvalue weighted by molar-refractivity contribution is 0.966. The molecule has 0 aliphatic carbocycles. The summed E-state index contributed by atoms with van der Waals surface area (Å²) < 4.78 is 0. The quantitative estimate of drug-likeness (QED) is 0.462. The number of hydrogen-bond acceptors (Lipinski definition) is 2. The standard InChI is InChI=1S/C22H36N2/c1-9-15(7)23-21-17(11-3)19(13-5)22(24-16(8)10-2)20(14-6)18(21)12-4/h9-14H2,1-8H3. The lowest BCUT2D eigenvalue weighted by Crippen LogP contribution is -2.04. The first-order valence-corrected chi connectivity index (χ1v) is 9.76. The second-order valence-corrected chi connectivity index (χ2v) is 6.43. The topological polar surface area (TPSA) is 24.7 Å². The van der Waals surface area contributed by atoms with Crippen LogP contribution in [0.4, 0.5) is 11.4 Å². The molecule has 0 aliphatic rings. The normalized spacial score (nSPS) is 12.8. The van der Waals surface area contributed by atoms with Crippen LogP contribution in [0, 0.1) is 0 Å². The second-order valence-electron chi connectivity index (χ2n) is 6.43. The fourth-order valence-corrected chi connectivity index (χ4v) is 3.27. The molecule has 2 nitrogen and oxygen atoms in total. The predicted octanol–water partition coefficient (Wildman–Crippen LogP) is 6.94. The maximum atomic E-state index is 5.04. The van der Waals surface area contributed by atoms with Gasteiger partial charge < -0.3 is 0 Å². The molecule has 0 atom stereocenters. The molecule has 0 spiro atoms. The highest BCUT2D eigenvalue weighted by Crippen LogP contribution is 2.41. The minimum atomic E-state index is 1.00. The molecule has 0 aromatic heterocycles. The van der Waals surface area contributed by atoms with Crippen molar-refractivity contribution in [1.29, 1.82) is 0 Å². The first-order chi connectivity index (χ1) is 11.5. The van der Waals surface area contributed by atoms with Crippen molar-refractivity contribution in [3.8, 4) is 0 Å². The molecule has 0 saturated carbocycles. The highest BCUT2D eigenvalue weighted by atomic mass is 14.8. The van der Waals surface area contributed by atoms with Gasteiger partial charge in [0.1, 0.15) is 0 Å². The zero-order valence-corrected chi connectivity index (χ0v) is 17.1. The Bertz CT molecular complexity index is 533. The Morgan fingerprint density at radius 3 is 0.958 bits per heavy atom. The minimum Gasteiger partial charge on any atom is -0.258 e. The van der Waals surface area contributed by atoms with Crippen LogP contribution in [-0.4, -0.2) is 11.4 Å². The van der Waals surface area contributed by atoms with Gasteiger partial charge in [-0.15, -0.1) is 0 Å². The van der Waals surface area contributed by atoms with Gasteiger partial charge in [-0.25, -0.2) is 0 Å². The molecule has 0 bridgehead atoms. The van der Waals surface area contributed by atoms with Crippen LogP contribution >= 0.6 is 0 Å². The first kappa shape index (κ1) is 20.6. The highest BCUT2D eigenvalue weighted by Gasteiger charge is 2.20. The van der Waals surface area contributed by atoms with E-state index in [1.165, 1.54) is 45.1 Å². The minimum absolute atomic E-state index is 1.00. The van der Waals surface area contributed by atoms with Gasteiger partial charge in [-0.2, -0.15) is 0 Å². The van der Waals surface area contributed by atoms with Gasteiger partial charge in [-0.05, 0) is 74.6 Å². The predicted molar refractivity (Wildman–Crippen MR) is 110 cm³/mol. The fourth-order valence-electron chi connectivity index (χ4n) is 3.27. The maximum Gasteiger partial charge on any atom is 0.0699 e. The smallest absolute Gasteiger partial charge is 0.0699 e. The molecule has 0 fully saturated rings. The van der Waals surface area contributed by atoms with Crippen LogP contribution in [0.3, 0.4) is 0 Å². The summed E-state index contributed by atoms with van der Waals surface area (Å²) in [4.78, 5) is 10.1. The third-order valence-electron chi connectivity index (χ3n) is 4.91. The Morgan fingerprint density at radius 1 is 0.542 bits per heavy atom. The van der Waals surface area contributed by atoms with Crippen LogP contribution in [0.5, 0.6) is 0 Å². The Hall–Kier alpha value is -1.44. The third-order valence-corrected chi connectivity index (χ3v) is 4.91. The van der Waals surface area contributed by atoms with E-state index in [9.17, 15) is 0 Å². The van der Waals surface area contributed by atoms with Crippen LogP contribution in [-0.2, 0) is 25.7 Å². The van der Waals surface area contributed by atoms with E-state index < -0.39 is 0 Å². The Morgan fingerprint density at radius 2 is 0.792 bits per heavy atom. The number of hydrogen-bond donors (Lipinski definition) is 0. The van der Waals surface area contributed by atoms with Gasteiger partial charge in [0.25, 0.3) is 0 Å². The first-order valence-electron chi connectivity index (χ1n) is 9.76. The highest BCUT2D eigenvalue weighted by molar-refractivity contribution is 5.88. The summed E-state index contributed by atoms with van der Waals surface area (Å²) in [6.07, 6.45) is 6.08. The fraction of sp³-hybridized carbons (Fsp3) is 0.636. The van der Waals surface area contributed by atoms with Gasteiger partial charge in [-0.1, -0.05) is 41.5 Å². The zero-order valence-electron chi connectivity index (χ0n) is 17.1. The van der Waals surface area contributed by atoms with Crippen molar-refractivity contribution in [2.45, 2.75) is 93.9 Å². The van der Waals surface area contributed by atoms with Gasteiger partial charge >= 0.3 is 0 Å². The number of nitrogens with zero attached hydrogens (tertiary/aromatic N) is 2. The average molecular weight is 329 g/mol. The van der Waals surface area contributed by atoms with Crippen molar-refractivity contribution >= 4 is 22.8 Å². The number of aliphatic imine (C=N–C) groups is 2. The molecule has 0 unspecified atom stereocenters. The zero-order chi connectivity index (χ0) is 18.3. The van der Waals surface area contributed by atoms with Crippen molar-refractivity contribution in [3.05, 3.63) is 22.3 Å². The number of benzene rings is 1. The molecule has 2 heteroatoms. The van der Waals surface area contributed by atoms with E-state index in [2.05, 4.69) is 55.4 Å². The number of rotatable bonds is 8. The van der Waals surface area contributed by atoms with E-state index in [1.807, 2.05) is 0 Å². The molecule has 1 rings (SSSR count). The van der Waals surface area contributed by atoms with Crippen molar-refractivity contribution < 1.29 is 0 Å². The molecule has 0 N–H and O–H groups in total. The molecule has 24 heavy (non-hydrogen) atoms. The Labute approximate surface area is 149 Å². The summed E-state index contributed by atoms with van der Waals surface area (Å²) in [6, 6.07) is 0. The second kappa shape index (κ2) is 9.76. The van der Waals surface area contributed by atoms with Crippen molar-refractivity contribution in [2.75, 3.05) is 0 Å². The molecule has 0 amide bonds. The summed E-state index contributed by atoms with van der Waals surface area (Å²) >= 11 is 0. The molecule has 0 heterocycles. The summed E-state index contributed by atoms with van der Waals surface area (Å²) in [5, 5.41) is 0. The van der Waals surface area contributed by atoms with E-state index in [1.54, 1.807) is 0 Å². The molecular weight excluding hydrogens is 292 g/mol. The van der Waals surface area contributed by atoms with Crippen molar-refractivity contribution in [1.82, 2.24) is 0 Å². The van der Waals surface area contributed by atoms with E-state index in [0.29, 0.717) is 0 Å². The molecular formula is C22H36N2. The summed E-state index contributed by atoms with van der Waals surface area (Å²) in [5.74, 6) is 0. The summed E-state index contributed by atoms with van der Waals surface area (Å²) in [7, 11) is 0. The van der Waals surface area contributed by atoms with Gasteiger partial charge in [0.05, 0.1) is 11.4 Å². The summed E-state index contributed by atoms with van der Waals surface area (Å²) in [6.45, 7) is 17.6. The Balaban J connectivity index is 3.94. The van der Waals surface area contributed by atoms with Crippen LogP contribution in [0.2, 0.25) is 0 Å². The van der Waals surface area contributed by atoms with E-state index >= 15 is 0 Å². The molecule has 0 aliphatic heterocycles. The maximum absolute atomic E-state index is 5.04.